The van der Waals surface area contributed by atoms with Gasteiger partial charge in [-0.1, -0.05) is 70.0 Å². The highest BCUT2D eigenvalue weighted by molar-refractivity contribution is 9.10. The first-order chi connectivity index (χ1) is 13.6. The van der Waals surface area contributed by atoms with Crippen molar-refractivity contribution >= 4 is 39.2 Å². The summed E-state index contributed by atoms with van der Waals surface area (Å²) in [6, 6.07) is 23.0. The van der Waals surface area contributed by atoms with E-state index in [1.807, 2.05) is 54.6 Å². The third-order valence-corrected chi connectivity index (χ3v) is 5.00. The molecule has 0 aliphatic rings. The molecule has 0 heterocycles. The third-order valence-electron chi connectivity index (χ3n) is 4.08. The van der Waals surface area contributed by atoms with Crippen molar-refractivity contribution < 1.29 is 9.47 Å². The van der Waals surface area contributed by atoms with E-state index in [1.54, 1.807) is 25.3 Å². The molecule has 0 amide bonds. The first-order valence-corrected chi connectivity index (χ1v) is 9.70. The number of hydrogen-bond acceptors (Lipinski definition) is 3. The molecule has 28 heavy (non-hydrogen) atoms. The quantitative estimate of drug-likeness (QED) is 0.305. The van der Waals surface area contributed by atoms with Gasteiger partial charge in [0.25, 0.3) is 0 Å². The maximum Gasteiger partial charge on any atom is 0.162 e. The van der Waals surface area contributed by atoms with Crippen molar-refractivity contribution in [1.29, 1.82) is 5.26 Å². The molecule has 3 nitrogen and oxygen atoms in total. The van der Waals surface area contributed by atoms with Crippen molar-refractivity contribution in [3.63, 3.8) is 0 Å². The summed E-state index contributed by atoms with van der Waals surface area (Å²) in [5.74, 6) is 1.21. The van der Waals surface area contributed by atoms with Crippen LogP contribution in [0.15, 0.2) is 71.2 Å². The zero-order valence-corrected chi connectivity index (χ0v) is 17.5. The van der Waals surface area contributed by atoms with Crippen LogP contribution in [0.3, 0.4) is 0 Å². The molecule has 0 saturated heterocycles. The molecule has 0 aromatic heterocycles. The number of nitrogens with zero attached hydrogens (tertiary/aromatic N) is 1. The van der Waals surface area contributed by atoms with Crippen LogP contribution in [0.2, 0.25) is 5.02 Å². The lowest BCUT2D eigenvalue weighted by atomic mass is 10.0. The predicted octanol–water partition coefficient (Wildman–Crippen LogP) is 6.75. The van der Waals surface area contributed by atoms with Gasteiger partial charge in [0, 0.05) is 9.50 Å². The number of benzene rings is 3. The lowest BCUT2D eigenvalue weighted by Gasteiger charge is -2.13. The van der Waals surface area contributed by atoms with Crippen LogP contribution < -0.4 is 9.47 Å². The van der Waals surface area contributed by atoms with E-state index >= 15 is 0 Å². The summed E-state index contributed by atoms with van der Waals surface area (Å²) >= 11 is 9.62. The topological polar surface area (TPSA) is 42.2 Å². The first kappa shape index (κ1) is 20.0. The average molecular weight is 455 g/mol. The number of methoxy groups -OCH3 is 1. The summed E-state index contributed by atoms with van der Waals surface area (Å²) in [6.45, 7) is 0.435. The SMILES string of the molecule is COc1cc(C=C(C#N)c2cccc(Cl)c2)c(Br)cc1OCc1ccccc1. The zero-order valence-electron chi connectivity index (χ0n) is 15.2. The summed E-state index contributed by atoms with van der Waals surface area (Å²) < 4.78 is 12.2. The minimum atomic E-state index is 0.435. The van der Waals surface area contributed by atoms with E-state index in [1.165, 1.54) is 0 Å². The molecule has 0 fully saturated rings. The fourth-order valence-electron chi connectivity index (χ4n) is 2.66. The van der Waals surface area contributed by atoms with Crippen molar-refractivity contribution in [1.82, 2.24) is 0 Å². The van der Waals surface area contributed by atoms with Gasteiger partial charge in [-0.2, -0.15) is 5.26 Å². The molecule has 0 radical (unpaired) electrons. The molecule has 0 aliphatic heterocycles. The van der Waals surface area contributed by atoms with Gasteiger partial charge in [-0.05, 0) is 47.0 Å². The molecule has 3 aromatic rings. The molecule has 0 saturated carbocycles. The van der Waals surface area contributed by atoms with Crippen LogP contribution in [0, 0.1) is 11.3 Å². The Kier molecular flexibility index (Phi) is 6.76. The number of halogens is 2. The lowest BCUT2D eigenvalue weighted by Crippen LogP contribution is -1.98. The second-order valence-electron chi connectivity index (χ2n) is 5.98. The summed E-state index contributed by atoms with van der Waals surface area (Å²) in [5.41, 5.74) is 3.13. The van der Waals surface area contributed by atoms with E-state index in [-0.39, 0.29) is 0 Å². The minimum Gasteiger partial charge on any atom is -0.493 e. The van der Waals surface area contributed by atoms with Gasteiger partial charge in [0.1, 0.15) is 6.61 Å². The van der Waals surface area contributed by atoms with Gasteiger partial charge < -0.3 is 9.47 Å². The second-order valence-corrected chi connectivity index (χ2v) is 7.27. The molecule has 0 N–H and O–H groups in total. The molecule has 3 rings (SSSR count). The van der Waals surface area contributed by atoms with E-state index in [9.17, 15) is 5.26 Å². The molecule has 0 bridgehead atoms. The Hall–Kier alpha value is -2.74. The van der Waals surface area contributed by atoms with Gasteiger partial charge in [-0.15, -0.1) is 0 Å². The molecule has 0 aliphatic carbocycles. The van der Waals surface area contributed by atoms with E-state index in [4.69, 9.17) is 21.1 Å². The monoisotopic (exact) mass is 453 g/mol. The van der Waals surface area contributed by atoms with Gasteiger partial charge in [0.2, 0.25) is 0 Å². The largest absolute Gasteiger partial charge is 0.493 e. The van der Waals surface area contributed by atoms with E-state index < -0.39 is 0 Å². The van der Waals surface area contributed by atoms with Crippen LogP contribution in [-0.2, 0) is 6.61 Å². The highest BCUT2D eigenvalue weighted by Gasteiger charge is 2.11. The molecule has 0 atom stereocenters. The number of nitriles is 1. The van der Waals surface area contributed by atoms with Crippen LogP contribution in [0.4, 0.5) is 0 Å². The normalized spacial score (nSPS) is 11.0. The van der Waals surface area contributed by atoms with Gasteiger partial charge >= 0.3 is 0 Å². The number of rotatable bonds is 6. The Bertz CT molecular complexity index is 1040. The van der Waals surface area contributed by atoms with Crippen molar-refractivity contribution in [3.8, 4) is 17.6 Å². The molecular weight excluding hydrogens is 438 g/mol. The van der Waals surface area contributed by atoms with Crippen LogP contribution in [0.1, 0.15) is 16.7 Å². The summed E-state index contributed by atoms with van der Waals surface area (Å²) in [7, 11) is 1.59. The lowest BCUT2D eigenvalue weighted by molar-refractivity contribution is 0.284. The Balaban J connectivity index is 1.91. The Morgan fingerprint density at radius 1 is 1.07 bits per heavy atom. The number of hydrogen-bond donors (Lipinski definition) is 0. The van der Waals surface area contributed by atoms with Crippen LogP contribution >= 0.6 is 27.5 Å². The summed E-state index contributed by atoms with van der Waals surface area (Å²) in [6.07, 6.45) is 1.79. The smallest absolute Gasteiger partial charge is 0.162 e. The van der Waals surface area contributed by atoms with Gasteiger partial charge in [0.05, 0.1) is 18.8 Å². The number of allylic oxidation sites excluding steroid dienone is 1. The Labute approximate surface area is 177 Å². The van der Waals surface area contributed by atoms with E-state index in [0.29, 0.717) is 28.7 Å². The summed E-state index contributed by atoms with van der Waals surface area (Å²) in [4.78, 5) is 0. The standard InChI is InChI=1S/C23H17BrClNO2/c1-27-22-12-18(10-19(14-26)17-8-5-9-20(25)11-17)21(24)13-23(22)28-15-16-6-3-2-4-7-16/h2-13H,15H2,1H3. The molecule has 0 spiro atoms. The van der Waals surface area contributed by atoms with Crippen molar-refractivity contribution in [2.45, 2.75) is 6.61 Å². The van der Waals surface area contributed by atoms with Crippen LogP contribution in [0.25, 0.3) is 11.6 Å². The molecule has 0 unspecified atom stereocenters. The van der Waals surface area contributed by atoms with E-state index in [2.05, 4.69) is 22.0 Å². The second kappa shape index (κ2) is 9.45. The third kappa shape index (κ3) is 4.95. The van der Waals surface area contributed by atoms with Gasteiger partial charge in [0.15, 0.2) is 11.5 Å². The van der Waals surface area contributed by atoms with Crippen LogP contribution in [0.5, 0.6) is 11.5 Å². The predicted molar refractivity (Wildman–Crippen MR) is 116 cm³/mol. The van der Waals surface area contributed by atoms with Crippen molar-refractivity contribution in [2.75, 3.05) is 7.11 Å². The van der Waals surface area contributed by atoms with Crippen LogP contribution in [-0.4, -0.2) is 7.11 Å². The van der Waals surface area contributed by atoms with E-state index in [0.717, 1.165) is 21.2 Å². The summed E-state index contributed by atoms with van der Waals surface area (Å²) in [5, 5.41) is 10.2. The average Bonchev–Trinajstić information content (AvgIpc) is 2.72. The van der Waals surface area contributed by atoms with Crippen molar-refractivity contribution in [3.05, 3.63) is 92.9 Å². The highest BCUT2D eigenvalue weighted by atomic mass is 79.9. The fraction of sp³-hybridized carbons (Fsp3) is 0.0870. The van der Waals surface area contributed by atoms with Gasteiger partial charge in [-0.3, -0.25) is 0 Å². The maximum atomic E-state index is 9.58. The Morgan fingerprint density at radius 2 is 1.86 bits per heavy atom. The molecule has 3 aromatic carbocycles. The maximum absolute atomic E-state index is 9.58. The first-order valence-electron chi connectivity index (χ1n) is 8.52. The minimum absolute atomic E-state index is 0.435. The number of ether oxygens (including phenoxy) is 2. The van der Waals surface area contributed by atoms with Crippen molar-refractivity contribution in [2.24, 2.45) is 0 Å². The molecular formula is C23H17BrClNO2. The zero-order chi connectivity index (χ0) is 19.9. The highest BCUT2D eigenvalue weighted by Crippen LogP contribution is 2.36. The van der Waals surface area contributed by atoms with Gasteiger partial charge in [-0.25, -0.2) is 0 Å². The molecule has 140 valence electrons. The molecule has 5 heteroatoms. The fourth-order valence-corrected chi connectivity index (χ4v) is 3.29. The Morgan fingerprint density at radius 3 is 2.54 bits per heavy atom.